The monoisotopic (exact) mass is 445 g/mol. The Kier molecular flexibility index (Phi) is 7.31. The van der Waals surface area contributed by atoms with Crippen LogP contribution in [-0.2, 0) is 20.7 Å². The second-order valence-electron chi connectivity index (χ2n) is 9.71. The molecule has 176 valence electrons. The molecule has 3 amide bonds. The Bertz CT molecular complexity index is 833. The van der Waals surface area contributed by atoms with E-state index >= 15 is 0 Å². The number of hydrogen-bond acceptors (Lipinski definition) is 5. The highest BCUT2D eigenvalue weighted by Gasteiger charge is 2.56. The minimum absolute atomic E-state index is 0.0253. The van der Waals surface area contributed by atoms with E-state index in [-0.39, 0.29) is 18.4 Å². The highest BCUT2D eigenvalue weighted by Crippen LogP contribution is 2.48. The zero-order valence-electron chi connectivity index (χ0n) is 19.4. The molecule has 1 saturated carbocycles. The minimum Gasteiger partial charge on any atom is -0.494 e. The number of hydrogen-bond donors (Lipinski definition) is 2. The first-order chi connectivity index (χ1) is 15.1. The van der Waals surface area contributed by atoms with E-state index in [2.05, 4.69) is 12.2 Å². The van der Waals surface area contributed by atoms with Gasteiger partial charge in [0.1, 0.15) is 23.4 Å². The van der Waals surface area contributed by atoms with E-state index in [0.29, 0.717) is 18.9 Å². The van der Waals surface area contributed by atoms with Crippen molar-refractivity contribution in [3.8, 4) is 5.75 Å². The van der Waals surface area contributed by atoms with Crippen molar-refractivity contribution in [1.82, 2.24) is 10.2 Å². The van der Waals surface area contributed by atoms with Crippen LogP contribution < -0.4 is 15.8 Å². The zero-order valence-corrected chi connectivity index (χ0v) is 19.4. The van der Waals surface area contributed by atoms with Crippen LogP contribution in [0.4, 0.5) is 4.79 Å². The smallest absolute Gasteiger partial charge is 0.408 e. The lowest BCUT2D eigenvalue weighted by molar-refractivity contribution is -0.140. The average molecular weight is 446 g/mol. The number of carbonyl (C=O) groups excluding carboxylic acids is 3. The van der Waals surface area contributed by atoms with Gasteiger partial charge < -0.3 is 25.4 Å². The summed E-state index contributed by atoms with van der Waals surface area (Å²) in [6, 6.07) is 6.03. The van der Waals surface area contributed by atoms with Gasteiger partial charge in [-0.3, -0.25) is 9.59 Å². The fourth-order valence-electron chi connectivity index (χ4n) is 4.15. The Hall–Kier alpha value is -2.77. The molecule has 0 spiro atoms. The molecule has 4 atom stereocenters. The third-order valence-electron chi connectivity index (χ3n) is 5.81. The second kappa shape index (κ2) is 9.79. The van der Waals surface area contributed by atoms with Gasteiger partial charge in [0.15, 0.2) is 0 Å². The third kappa shape index (κ3) is 6.14. The molecule has 2 fully saturated rings. The van der Waals surface area contributed by atoms with Crippen LogP contribution in [0, 0.1) is 5.92 Å². The zero-order chi connectivity index (χ0) is 23.5. The maximum absolute atomic E-state index is 13.5. The van der Waals surface area contributed by atoms with Crippen molar-refractivity contribution >= 4 is 17.9 Å². The molecule has 1 aliphatic heterocycles. The van der Waals surface area contributed by atoms with Crippen molar-refractivity contribution in [2.45, 2.75) is 83.5 Å². The highest BCUT2D eigenvalue weighted by molar-refractivity contribution is 5.92. The number of unbranched alkanes of at least 4 members (excludes halogenated alkanes) is 1. The number of piperidine rings is 1. The Labute approximate surface area is 189 Å². The van der Waals surface area contributed by atoms with Crippen LogP contribution in [-0.4, -0.2) is 53.1 Å². The number of ether oxygens (including phenoxy) is 2. The Morgan fingerprint density at radius 1 is 1.19 bits per heavy atom. The first-order valence-corrected chi connectivity index (χ1v) is 11.4. The largest absolute Gasteiger partial charge is 0.494 e. The average Bonchev–Trinajstić information content (AvgIpc) is 3.36. The molecule has 1 saturated heterocycles. The Morgan fingerprint density at radius 3 is 2.47 bits per heavy atom. The summed E-state index contributed by atoms with van der Waals surface area (Å²) in [7, 11) is 0. The van der Waals surface area contributed by atoms with E-state index in [1.807, 2.05) is 24.3 Å². The number of amides is 3. The van der Waals surface area contributed by atoms with Gasteiger partial charge in [0, 0.05) is 12.5 Å². The number of nitrogens with two attached hydrogens (primary N) is 1. The summed E-state index contributed by atoms with van der Waals surface area (Å²) in [6.07, 6.45) is 3.11. The third-order valence-corrected chi connectivity index (χ3v) is 5.81. The molecule has 1 aromatic rings. The normalized spacial score (nSPS) is 22.6. The lowest BCUT2D eigenvalue weighted by Crippen LogP contribution is -2.55. The maximum atomic E-state index is 13.5. The van der Waals surface area contributed by atoms with E-state index in [4.69, 9.17) is 15.2 Å². The molecule has 0 bridgehead atoms. The van der Waals surface area contributed by atoms with Crippen molar-refractivity contribution < 1.29 is 23.9 Å². The van der Waals surface area contributed by atoms with Gasteiger partial charge in [-0.2, -0.15) is 0 Å². The SMILES string of the molecule is CCCCOc1ccc(CC(NC(=O)OC(C)(C)C)C(=O)N2C(C(N)=O)CC3CC32)cc1. The Balaban J connectivity index is 1.74. The van der Waals surface area contributed by atoms with Crippen LogP contribution in [0.2, 0.25) is 0 Å². The maximum Gasteiger partial charge on any atom is 0.408 e. The molecule has 8 heteroatoms. The number of nitrogens with one attached hydrogen (secondary N) is 1. The van der Waals surface area contributed by atoms with Gasteiger partial charge in [-0.15, -0.1) is 0 Å². The fraction of sp³-hybridized carbons (Fsp3) is 0.625. The van der Waals surface area contributed by atoms with Crippen LogP contribution in [0.5, 0.6) is 5.75 Å². The quantitative estimate of drug-likeness (QED) is 0.568. The lowest BCUT2D eigenvalue weighted by Gasteiger charge is -2.30. The number of rotatable bonds is 9. The predicted molar refractivity (Wildman–Crippen MR) is 120 cm³/mol. The van der Waals surface area contributed by atoms with E-state index in [1.54, 1.807) is 25.7 Å². The molecule has 3 rings (SSSR count). The summed E-state index contributed by atoms with van der Waals surface area (Å²) in [6.45, 7) is 8.05. The molecule has 0 radical (unpaired) electrons. The van der Waals surface area contributed by atoms with Gasteiger partial charge in [-0.25, -0.2) is 4.79 Å². The fourth-order valence-corrected chi connectivity index (χ4v) is 4.15. The number of likely N-dealkylation sites (tertiary alicyclic amines) is 1. The molecule has 3 N–H and O–H groups in total. The Morgan fingerprint density at radius 2 is 1.88 bits per heavy atom. The summed E-state index contributed by atoms with van der Waals surface area (Å²) >= 11 is 0. The molecule has 4 unspecified atom stereocenters. The number of benzene rings is 1. The predicted octanol–water partition coefficient (Wildman–Crippen LogP) is 2.78. The molecule has 2 aliphatic rings. The van der Waals surface area contributed by atoms with E-state index in [9.17, 15) is 14.4 Å². The van der Waals surface area contributed by atoms with Crippen LogP contribution in [0.25, 0.3) is 0 Å². The second-order valence-corrected chi connectivity index (χ2v) is 9.71. The van der Waals surface area contributed by atoms with Crippen molar-refractivity contribution in [3.05, 3.63) is 29.8 Å². The van der Waals surface area contributed by atoms with Crippen molar-refractivity contribution in [2.24, 2.45) is 11.7 Å². The number of carbonyl (C=O) groups is 3. The number of primary amides is 1. The molecule has 32 heavy (non-hydrogen) atoms. The summed E-state index contributed by atoms with van der Waals surface area (Å²) in [5.74, 6) is 0.278. The molecule has 1 aromatic carbocycles. The topological polar surface area (TPSA) is 111 Å². The van der Waals surface area contributed by atoms with Crippen molar-refractivity contribution in [1.29, 1.82) is 0 Å². The minimum atomic E-state index is -0.863. The van der Waals surface area contributed by atoms with Crippen LogP contribution >= 0.6 is 0 Å². The van der Waals surface area contributed by atoms with E-state index in [1.165, 1.54) is 0 Å². The van der Waals surface area contributed by atoms with Gasteiger partial charge in [-0.1, -0.05) is 25.5 Å². The summed E-state index contributed by atoms with van der Waals surface area (Å²) in [5.41, 5.74) is 5.72. The standard InChI is InChI=1S/C24H35N3O5/c1-5-6-11-31-17-9-7-15(8-10-17)12-18(26-23(30)32-24(2,3)4)22(29)27-19-13-16(19)14-20(27)21(25)28/h7-10,16,18-20H,5-6,11-14H2,1-4H3,(H2,25,28)(H,26,30). The molecule has 8 nitrogen and oxygen atoms in total. The van der Waals surface area contributed by atoms with Gasteiger partial charge in [-0.05, 0) is 63.6 Å². The number of nitrogens with zero attached hydrogens (tertiary/aromatic N) is 1. The van der Waals surface area contributed by atoms with Gasteiger partial charge in [0.05, 0.1) is 6.61 Å². The highest BCUT2D eigenvalue weighted by atomic mass is 16.6. The van der Waals surface area contributed by atoms with Gasteiger partial charge in [0.2, 0.25) is 11.8 Å². The summed E-state index contributed by atoms with van der Waals surface area (Å²) < 4.78 is 11.1. The van der Waals surface area contributed by atoms with Crippen LogP contribution in [0.1, 0.15) is 58.9 Å². The van der Waals surface area contributed by atoms with Crippen molar-refractivity contribution in [2.75, 3.05) is 6.61 Å². The van der Waals surface area contributed by atoms with Gasteiger partial charge in [0.25, 0.3) is 0 Å². The molecule has 1 aliphatic carbocycles. The molecule has 1 heterocycles. The number of alkyl carbamates (subject to hydrolysis) is 1. The van der Waals surface area contributed by atoms with Crippen LogP contribution in [0.15, 0.2) is 24.3 Å². The number of fused-ring (bicyclic) bond motifs is 1. The molecule has 0 aromatic heterocycles. The summed E-state index contributed by atoms with van der Waals surface area (Å²) in [4.78, 5) is 39.4. The first kappa shape index (κ1) is 23.9. The van der Waals surface area contributed by atoms with Gasteiger partial charge >= 0.3 is 6.09 Å². The molecular formula is C24H35N3O5. The van der Waals surface area contributed by atoms with Crippen LogP contribution in [0.3, 0.4) is 0 Å². The van der Waals surface area contributed by atoms with E-state index in [0.717, 1.165) is 30.6 Å². The first-order valence-electron chi connectivity index (χ1n) is 11.4. The lowest BCUT2D eigenvalue weighted by atomic mass is 10.0. The molecular weight excluding hydrogens is 410 g/mol. The van der Waals surface area contributed by atoms with Crippen molar-refractivity contribution in [3.63, 3.8) is 0 Å². The van der Waals surface area contributed by atoms with E-state index < -0.39 is 29.7 Å². The summed E-state index contributed by atoms with van der Waals surface area (Å²) in [5, 5.41) is 2.72.